The molecule has 0 saturated heterocycles. The van der Waals surface area contributed by atoms with E-state index in [1.807, 2.05) is 36.4 Å². The Bertz CT molecular complexity index is 847. The van der Waals surface area contributed by atoms with Gasteiger partial charge in [0.25, 0.3) is 5.91 Å². The number of rotatable bonds is 6. The maximum absolute atomic E-state index is 12.4. The fraction of sp³-hybridized carbons (Fsp3) is 0.143. The fourth-order valence-corrected chi connectivity index (χ4v) is 2.67. The van der Waals surface area contributed by atoms with Gasteiger partial charge in [-0.25, -0.2) is 4.98 Å². The summed E-state index contributed by atoms with van der Waals surface area (Å²) in [5.41, 5.74) is 3.10. The minimum Gasteiger partial charge on any atom is -0.497 e. The number of anilines is 3. The Labute approximate surface area is 153 Å². The summed E-state index contributed by atoms with van der Waals surface area (Å²) in [4.78, 5) is 18.8. The Morgan fingerprint density at radius 3 is 2.31 bits per heavy atom. The SMILES string of the molecule is CCN(c1ccccc1)c1ccc(C(=O)Nc2ccc(OC)cc2)nc1. The third kappa shape index (κ3) is 4.00. The van der Waals surface area contributed by atoms with Crippen molar-refractivity contribution in [1.82, 2.24) is 4.98 Å². The lowest BCUT2D eigenvalue weighted by Crippen LogP contribution is -2.17. The van der Waals surface area contributed by atoms with Gasteiger partial charge in [-0.3, -0.25) is 4.79 Å². The van der Waals surface area contributed by atoms with E-state index in [1.165, 1.54) is 0 Å². The maximum atomic E-state index is 12.4. The molecule has 0 radical (unpaired) electrons. The highest BCUT2D eigenvalue weighted by atomic mass is 16.5. The van der Waals surface area contributed by atoms with Crippen LogP contribution in [0.15, 0.2) is 72.9 Å². The molecule has 1 N–H and O–H groups in total. The number of para-hydroxylation sites is 1. The standard InChI is InChI=1S/C21H21N3O2/c1-3-24(17-7-5-4-6-8-17)18-11-14-20(22-15-18)21(25)23-16-9-12-19(26-2)13-10-16/h4-15H,3H2,1-2H3,(H,23,25). The normalized spacial score (nSPS) is 10.2. The molecule has 132 valence electrons. The lowest BCUT2D eigenvalue weighted by molar-refractivity contribution is 0.102. The first-order valence-corrected chi connectivity index (χ1v) is 8.45. The number of pyridine rings is 1. The summed E-state index contributed by atoms with van der Waals surface area (Å²) in [6.45, 7) is 2.89. The Morgan fingerprint density at radius 2 is 1.73 bits per heavy atom. The van der Waals surface area contributed by atoms with Crippen LogP contribution < -0.4 is 15.0 Å². The summed E-state index contributed by atoms with van der Waals surface area (Å²) in [5, 5.41) is 2.83. The van der Waals surface area contributed by atoms with Gasteiger partial charge in [-0.15, -0.1) is 0 Å². The summed E-state index contributed by atoms with van der Waals surface area (Å²) < 4.78 is 5.11. The second-order valence-electron chi connectivity index (χ2n) is 5.66. The van der Waals surface area contributed by atoms with Crippen LogP contribution in [0.3, 0.4) is 0 Å². The monoisotopic (exact) mass is 347 g/mol. The number of carbonyl (C=O) groups is 1. The van der Waals surface area contributed by atoms with E-state index in [0.29, 0.717) is 11.4 Å². The molecule has 3 aromatic rings. The number of nitrogens with one attached hydrogen (secondary N) is 1. The number of hydrogen-bond donors (Lipinski definition) is 1. The highest BCUT2D eigenvalue weighted by Gasteiger charge is 2.11. The van der Waals surface area contributed by atoms with Crippen LogP contribution >= 0.6 is 0 Å². The molecule has 0 spiro atoms. The van der Waals surface area contributed by atoms with Crippen LogP contribution in [0.4, 0.5) is 17.1 Å². The first-order valence-electron chi connectivity index (χ1n) is 8.45. The van der Waals surface area contributed by atoms with Crippen molar-refractivity contribution in [3.05, 3.63) is 78.6 Å². The second kappa shape index (κ2) is 8.16. The highest BCUT2D eigenvalue weighted by molar-refractivity contribution is 6.03. The van der Waals surface area contributed by atoms with Crippen LogP contribution in [0.25, 0.3) is 0 Å². The number of carbonyl (C=O) groups excluding carboxylic acids is 1. The molecule has 0 fully saturated rings. The number of ether oxygens (including phenoxy) is 1. The van der Waals surface area contributed by atoms with Crippen LogP contribution in [0.2, 0.25) is 0 Å². The van der Waals surface area contributed by atoms with Gasteiger partial charge in [0.1, 0.15) is 11.4 Å². The summed E-state index contributed by atoms with van der Waals surface area (Å²) in [6.07, 6.45) is 1.72. The quantitative estimate of drug-likeness (QED) is 0.713. The molecule has 0 atom stereocenters. The average Bonchev–Trinajstić information content (AvgIpc) is 2.70. The molecule has 0 aliphatic rings. The van der Waals surface area contributed by atoms with Crippen molar-refractivity contribution in [3.63, 3.8) is 0 Å². The molecule has 26 heavy (non-hydrogen) atoms. The lowest BCUT2D eigenvalue weighted by atomic mass is 10.2. The third-order valence-electron chi connectivity index (χ3n) is 4.02. The van der Waals surface area contributed by atoms with Gasteiger partial charge >= 0.3 is 0 Å². The van der Waals surface area contributed by atoms with Gasteiger partial charge in [0, 0.05) is 17.9 Å². The van der Waals surface area contributed by atoms with Crippen LogP contribution in [-0.4, -0.2) is 24.5 Å². The minimum absolute atomic E-state index is 0.246. The number of amides is 1. The molecule has 5 nitrogen and oxygen atoms in total. The fourth-order valence-electron chi connectivity index (χ4n) is 2.67. The van der Waals surface area contributed by atoms with E-state index in [2.05, 4.69) is 22.1 Å². The molecule has 0 bridgehead atoms. The molecular formula is C21H21N3O2. The van der Waals surface area contributed by atoms with Crippen LogP contribution in [0.5, 0.6) is 5.75 Å². The van der Waals surface area contributed by atoms with E-state index in [4.69, 9.17) is 4.74 Å². The van der Waals surface area contributed by atoms with E-state index >= 15 is 0 Å². The molecule has 3 rings (SSSR count). The van der Waals surface area contributed by atoms with Gasteiger partial charge in [0.05, 0.1) is 19.0 Å². The van der Waals surface area contributed by atoms with E-state index < -0.39 is 0 Å². The molecule has 5 heteroatoms. The second-order valence-corrected chi connectivity index (χ2v) is 5.66. The molecule has 1 heterocycles. The number of benzene rings is 2. The molecule has 0 aliphatic carbocycles. The van der Waals surface area contributed by atoms with Crippen molar-refractivity contribution < 1.29 is 9.53 Å². The Kier molecular flexibility index (Phi) is 5.49. The lowest BCUT2D eigenvalue weighted by Gasteiger charge is -2.22. The summed E-state index contributed by atoms with van der Waals surface area (Å²) in [6, 6.07) is 20.9. The van der Waals surface area contributed by atoms with E-state index in [1.54, 1.807) is 43.6 Å². The average molecular weight is 347 g/mol. The topological polar surface area (TPSA) is 54.5 Å². The first-order chi connectivity index (χ1) is 12.7. The Hall–Kier alpha value is -3.34. The van der Waals surface area contributed by atoms with Gasteiger partial charge in [-0.2, -0.15) is 0 Å². The van der Waals surface area contributed by atoms with E-state index in [9.17, 15) is 4.79 Å². The molecule has 0 aliphatic heterocycles. The largest absolute Gasteiger partial charge is 0.497 e. The summed E-state index contributed by atoms with van der Waals surface area (Å²) >= 11 is 0. The van der Waals surface area contributed by atoms with E-state index in [-0.39, 0.29) is 5.91 Å². The van der Waals surface area contributed by atoms with Gasteiger partial charge in [-0.1, -0.05) is 18.2 Å². The van der Waals surface area contributed by atoms with E-state index in [0.717, 1.165) is 23.7 Å². The zero-order valence-corrected chi connectivity index (χ0v) is 14.8. The number of hydrogen-bond acceptors (Lipinski definition) is 4. The Balaban J connectivity index is 1.72. The van der Waals surface area contributed by atoms with Gasteiger partial charge in [0.2, 0.25) is 0 Å². The smallest absolute Gasteiger partial charge is 0.274 e. The van der Waals surface area contributed by atoms with Crippen molar-refractivity contribution >= 4 is 23.0 Å². The third-order valence-corrected chi connectivity index (χ3v) is 4.02. The Morgan fingerprint density at radius 1 is 1.00 bits per heavy atom. The van der Waals surface area contributed by atoms with Crippen molar-refractivity contribution in [2.45, 2.75) is 6.92 Å². The highest BCUT2D eigenvalue weighted by Crippen LogP contribution is 2.24. The van der Waals surface area contributed by atoms with Crippen molar-refractivity contribution in [1.29, 1.82) is 0 Å². The van der Waals surface area contributed by atoms with Crippen molar-refractivity contribution in [3.8, 4) is 5.75 Å². The number of methoxy groups -OCH3 is 1. The summed E-state index contributed by atoms with van der Waals surface area (Å²) in [5.74, 6) is 0.496. The molecule has 2 aromatic carbocycles. The number of aromatic nitrogens is 1. The predicted molar refractivity (Wildman–Crippen MR) is 104 cm³/mol. The van der Waals surface area contributed by atoms with Gasteiger partial charge < -0.3 is 15.0 Å². The number of nitrogens with zero attached hydrogens (tertiary/aromatic N) is 2. The van der Waals surface area contributed by atoms with Gasteiger partial charge in [-0.05, 0) is 55.5 Å². The molecule has 1 aromatic heterocycles. The van der Waals surface area contributed by atoms with Crippen LogP contribution in [0, 0.1) is 0 Å². The zero-order chi connectivity index (χ0) is 18.4. The minimum atomic E-state index is -0.246. The van der Waals surface area contributed by atoms with Crippen LogP contribution in [0.1, 0.15) is 17.4 Å². The van der Waals surface area contributed by atoms with Crippen molar-refractivity contribution in [2.24, 2.45) is 0 Å². The molecule has 0 saturated carbocycles. The van der Waals surface area contributed by atoms with Crippen molar-refractivity contribution in [2.75, 3.05) is 23.9 Å². The predicted octanol–water partition coefficient (Wildman–Crippen LogP) is 4.50. The van der Waals surface area contributed by atoms with Gasteiger partial charge in [0.15, 0.2) is 0 Å². The molecular weight excluding hydrogens is 326 g/mol. The maximum Gasteiger partial charge on any atom is 0.274 e. The molecule has 1 amide bonds. The summed E-state index contributed by atoms with van der Waals surface area (Å²) in [7, 11) is 1.61. The zero-order valence-electron chi connectivity index (χ0n) is 14.8. The van der Waals surface area contributed by atoms with Crippen LogP contribution in [-0.2, 0) is 0 Å². The first kappa shape index (κ1) is 17.5. The molecule has 0 unspecified atom stereocenters.